The second-order valence-corrected chi connectivity index (χ2v) is 2.23. The Balaban J connectivity index is 3.07. The molecule has 0 fully saturated rings. The molecular weight excluding hydrogens is 129 g/mol. The molecule has 0 atom stereocenters. The standard InChI is InChI=1S/C8H10FN/c1-3-7-4-5-8(9)10-6(7)2/h4-5H,3H2,1-2H3. The number of aryl methyl sites for hydroxylation is 2. The first-order valence-electron chi connectivity index (χ1n) is 3.36. The van der Waals surface area contributed by atoms with Crippen molar-refractivity contribution in [3.8, 4) is 0 Å². The molecule has 0 aliphatic heterocycles. The zero-order valence-corrected chi connectivity index (χ0v) is 6.19. The first-order chi connectivity index (χ1) is 4.74. The summed E-state index contributed by atoms with van der Waals surface area (Å²) in [7, 11) is 0. The molecule has 0 spiro atoms. The summed E-state index contributed by atoms with van der Waals surface area (Å²) < 4.78 is 12.4. The van der Waals surface area contributed by atoms with Crippen LogP contribution in [-0.4, -0.2) is 4.98 Å². The van der Waals surface area contributed by atoms with Crippen LogP contribution in [0.1, 0.15) is 18.2 Å². The fourth-order valence-corrected chi connectivity index (χ4v) is 0.933. The highest BCUT2D eigenvalue weighted by Gasteiger charge is 1.97. The van der Waals surface area contributed by atoms with Crippen LogP contribution in [0.3, 0.4) is 0 Å². The lowest BCUT2D eigenvalue weighted by molar-refractivity contribution is 0.578. The van der Waals surface area contributed by atoms with Gasteiger partial charge in [-0.3, -0.25) is 0 Å². The molecule has 0 bridgehead atoms. The van der Waals surface area contributed by atoms with Gasteiger partial charge in [-0.25, -0.2) is 4.98 Å². The van der Waals surface area contributed by atoms with Crippen LogP contribution in [0.5, 0.6) is 0 Å². The molecule has 1 rings (SSSR count). The fraction of sp³-hybridized carbons (Fsp3) is 0.375. The lowest BCUT2D eigenvalue weighted by Crippen LogP contribution is -1.92. The average molecular weight is 139 g/mol. The van der Waals surface area contributed by atoms with Crippen LogP contribution in [0.4, 0.5) is 4.39 Å². The number of halogens is 1. The third-order valence-electron chi connectivity index (χ3n) is 1.54. The Morgan fingerprint density at radius 1 is 1.50 bits per heavy atom. The summed E-state index contributed by atoms with van der Waals surface area (Å²) in [5.74, 6) is -0.394. The van der Waals surface area contributed by atoms with Crippen LogP contribution in [0.15, 0.2) is 12.1 Å². The second-order valence-electron chi connectivity index (χ2n) is 2.23. The molecule has 0 N–H and O–H groups in total. The van der Waals surface area contributed by atoms with Gasteiger partial charge in [0.05, 0.1) is 0 Å². The van der Waals surface area contributed by atoms with Crippen molar-refractivity contribution in [1.29, 1.82) is 0 Å². The maximum atomic E-state index is 12.4. The third kappa shape index (κ3) is 1.32. The van der Waals surface area contributed by atoms with Gasteiger partial charge in [0, 0.05) is 5.69 Å². The van der Waals surface area contributed by atoms with E-state index in [9.17, 15) is 4.39 Å². The number of pyridine rings is 1. The molecule has 1 heterocycles. The molecule has 0 aliphatic rings. The van der Waals surface area contributed by atoms with Crippen molar-refractivity contribution in [1.82, 2.24) is 4.98 Å². The molecule has 0 unspecified atom stereocenters. The fourth-order valence-electron chi connectivity index (χ4n) is 0.933. The van der Waals surface area contributed by atoms with Gasteiger partial charge in [-0.05, 0) is 25.0 Å². The van der Waals surface area contributed by atoms with Crippen molar-refractivity contribution in [2.24, 2.45) is 0 Å². The Morgan fingerprint density at radius 2 is 2.20 bits per heavy atom. The Morgan fingerprint density at radius 3 is 2.70 bits per heavy atom. The first-order valence-corrected chi connectivity index (χ1v) is 3.36. The molecule has 10 heavy (non-hydrogen) atoms. The van der Waals surface area contributed by atoms with Crippen LogP contribution < -0.4 is 0 Å². The number of aromatic nitrogens is 1. The molecular formula is C8H10FN. The number of hydrogen-bond acceptors (Lipinski definition) is 1. The van der Waals surface area contributed by atoms with E-state index in [-0.39, 0.29) is 0 Å². The zero-order chi connectivity index (χ0) is 7.56. The van der Waals surface area contributed by atoms with E-state index in [1.165, 1.54) is 6.07 Å². The van der Waals surface area contributed by atoms with Crippen LogP contribution in [0.2, 0.25) is 0 Å². The predicted molar refractivity (Wildman–Crippen MR) is 38.3 cm³/mol. The van der Waals surface area contributed by atoms with Crippen molar-refractivity contribution >= 4 is 0 Å². The molecule has 0 amide bonds. The highest BCUT2D eigenvalue weighted by Crippen LogP contribution is 2.05. The maximum Gasteiger partial charge on any atom is 0.213 e. The van der Waals surface area contributed by atoms with Gasteiger partial charge >= 0.3 is 0 Å². The summed E-state index contributed by atoms with van der Waals surface area (Å²) >= 11 is 0. The van der Waals surface area contributed by atoms with Gasteiger partial charge in [0.2, 0.25) is 5.95 Å². The molecule has 0 saturated carbocycles. The largest absolute Gasteiger partial charge is 0.225 e. The quantitative estimate of drug-likeness (QED) is 0.543. The van der Waals surface area contributed by atoms with E-state index in [2.05, 4.69) is 4.98 Å². The van der Waals surface area contributed by atoms with E-state index in [4.69, 9.17) is 0 Å². The molecule has 0 aromatic carbocycles. The van der Waals surface area contributed by atoms with Gasteiger partial charge < -0.3 is 0 Å². The molecule has 0 radical (unpaired) electrons. The van der Waals surface area contributed by atoms with Gasteiger partial charge in [-0.2, -0.15) is 4.39 Å². The monoisotopic (exact) mass is 139 g/mol. The van der Waals surface area contributed by atoms with Crippen LogP contribution in [0, 0.1) is 12.9 Å². The Kier molecular flexibility index (Phi) is 2.00. The highest BCUT2D eigenvalue weighted by molar-refractivity contribution is 5.18. The van der Waals surface area contributed by atoms with E-state index in [1.54, 1.807) is 6.07 Å². The van der Waals surface area contributed by atoms with Crippen LogP contribution >= 0.6 is 0 Å². The van der Waals surface area contributed by atoms with E-state index < -0.39 is 5.95 Å². The van der Waals surface area contributed by atoms with E-state index in [1.807, 2.05) is 13.8 Å². The normalized spacial score (nSPS) is 9.90. The van der Waals surface area contributed by atoms with Crippen LogP contribution in [-0.2, 0) is 6.42 Å². The number of hydrogen-bond donors (Lipinski definition) is 0. The lowest BCUT2D eigenvalue weighted by atomic mass is 10.1. The molecule has 0 aliphatic carbocycles. The SMILES string of the molecule is CCc1ccc(F)nc1C. The van der Waals surface area contributed by atoms with Gasteiger partial charge in [0.25, 0.3) is 0 Å². The number of nitrogens with zero attached hydrogens (tertiary/aromatic N) is 1. The van der Waals surface area contributed by atoms with E-state index in [0.29, 0.717) is 0 Å². The Hall–Kier alpha value is -0.920. The zero-order valence-electron chi connectivity index (χ0n) is 6.19. The summed E-state index contributed by atoms with van der Waals surface area (Å²) in [6.45, 7) is 3.85. The first kappa shape index (κ1) is 7.19. The van der Waals surface area contributed by atoms with E-state index in [0.717, 1.165) is 17.7 Å². The van der Waals surface area contributed by atoms with Gasteiger partial charge in [-0.1, -0.05) is 13.0 Å². The van der Waals surface area contributed by atoms with Crippen LogP contribution in [0.25, 0.3) is 0 Å². The smallest absolute Gasteiger partial charge is 0.213 e. The van der Waals surface area contributed by atoms with Crippen molar-refractivity contribution in [3.63, 3.8) is 0 Å². The molecule has 2 heteroatoms. The number of rotatable bonds is 1. The van der Waals surface area contributed by atoms with Crippen molar-refractivity contribution < 1.29 is 4.39 Å². The minimum absolute atomic E-state index is 0.394. The minimum atomic E-state index is -0.394. The summed E-state index contributed by atoms with van der Waals surface area (Å²) in [6.07, 6.45) is 0.916. The van der Waals surface area contributed by atoms with Gasteiger partial charge in [-0.15, -0.1) is 0 Å². The molecule has 1 aromatic rings. The van der Waals surface area contributed by atoms with Crippen molar-refractivity contribution in [3.05, 3.63) is 29.3 Å². The topological polar surface area (TPSA) is 12.9 Å². The molecule has 1 aromatic heterocycles. The van der Waals surface area contributed by atoms with E-state index >= 15 is 0 Å². The lowest BCUT2D eigenvalue weighted by Gasteiger charge is -1.99. The Bertz CT molecular complexity index is 233. The summed E-state index contributed by atoms with van der Waals surface area (Å²) in [5.41, 5.74) is 1.91. The summed E-state index contributed by atoms with van der Waals surface area (Å²) in [6, 6.07) is 3.17. The minimum Gasteiger partial charge on any atom is -0.225 e. The average Bonchev–Trinajstić information content (AvgIpc) is 1.88. The summed E-state index contributed by atoms with van der Waals surface area (Å²) in [4.78, 5) is 3.68. The highest BCUT2D eigenvalue weighted by atomic mass is 19.1. The van der Waals surface area contributed by atoms with Crippen molar-refractivity contribution in [2.75, 3.05) is 0 Å². The molecule has 1 nitrogen and oxygen atoms in total. The van der Waals surface area contributed by atoms with Gasteiger partial charge in [0.1, 0.15) is 0 Å². The molecule has 0 saturated heterocycles. The maximum absolute atomic E-state index is 12.4. The second kappa shape index (κ2) is 2.78. The van der Waals surface area contributed by atoms with Gasteiger partial charge in [0.15, 0.2) is 0 Å². The summed E-state index contributed by atoms with van der Waals surface area (Å²) in [5, 5.41) is 0. The predicted octanol–water partition coefficient (Wildman–Crippen LogP) is 2.09. The third-order valence-corrected chi connectivity index (χ3v) is 1.54. The Labute approximate surface area is 59.9 Å². The molecule has 54 valence electrons. The van der Waals surface area contributed by atoms with Crippen molar-refractivity contribution in [2.45, 2.75) is 20.3 Å².